The number of aromatic carboxylic acids is 1. The number of ether oxygens (including phenoxy) is 1. The number of hydrogen-bond donors (Lipinski definition) is 2. The Morgan fingerprint density at radius 1 is 1.35 bits per heavy atom. The highest BCUT2D eigenvalue weighted by molar-refractivity contribution is 5.87. The molecule has 0 aromatic heterocycles. The van der Waals surface area contributed by atoms with Crippen LogP contribution in [0.25, 0.3) is 0 Å². The van der Waals surface area contributed by atoms with Crippen LogP contribution in [0.15, 0.2) is 24.3 Å². The second-order valence-electron chi connectivity index (χ2n) is 4.35. The zero-order valence-corrected chi connectivity index (χ0v) is 10.9. The summed E-state index contributed by atoms with van der Waals surface area (Å²) in [6, 6.07) is 5.13. The number of halogens is 3. The van der Waals surface area contributed by atoms with Gasteiger partial charge in [0.1, 0.15) is 12.4 Å². The van der Waals surface area contributed by atoms with Crippen molar-refractivity contribution in [3.63, 3.8) is 0 Å². The minimum absolute atomic E-state index is 0.147. The van der Waals surface area contributed by atoms with E-state index in [2.05, 4.69) is 5.32 Å². The summed E-state index contributed by atoms with van der Waals surface area (Å²) in [6.07, 6.45) is -5.07. The smallest absolute Gasteiger partial charge is 0.390 e. The fourth-order valence-corrected chi connectivity index (χ4v) is 1.59. The molecule has 0 aliphatic heterocycles. The molecule has 20 heavy (non-hydrogen) atoms. The quantitative estimate of drug-likeness (QED) is 0.758. The van der Waals surface area contributed by atoms with Gasteiger partial charge in [-0.2, -0.15) is 13.2 Å². The van der Waals surface area contributed by atoms with E-state index in [-0.39, 0.29) is 18.7 Å². The Bertz CT molecular complexity index is 431. The third-order valence-corrected chi connectivity index (χ3v) is 2.50. The summed E-state index contributed by atoms with van der Waals surface area (Å²) < 4.78 is 41.5. The molecule has 0 aliphatic rings. The molecule has 0 heterocycles. The number of nitrogens with one attached hydrogen (secondary N) is 1. The van der Waals surface area contributed by atoms with E-state index in [9.17, 15) is 18.0 Å². The number of carboxylic acid groups (broad SMARTS) is 1. The van der Waals surface area contributed by atoms with Gasteiger partial charge in [-0.15, -0.1) is 0 Å². The lowest BCUT2D eigenvalue weighted by molar-refractivity contribution is -0.139. The Labute approximate surface area is 114 Å². The van der Waals surface area contributed by atoms with Crippen LogP contribution >= 0.6 is 0 Å². The monoisotopic (exact) mass is 291 g/mol. The second kappa shape index (κ2) is 7.14. The first-order valence-electron chi connectivity index (χ1n) is 6.04. The average molecular weight is 291 g/mol. The number of alkyl halides is 3. The molecule has 7 heteroatoms. The maximum atomic E-state index is 12.1. The topological polar surface area (TPSA) is 58.6 Å². The fourth-order valence-electron chi connectivity index (χ4n) is 1.59. The standard InChI is InChI=1S/C13H16F3NO3/c1-9(8-13(14,15)16)17-6-7-20-11-4-2-10(3-5-11)12(18)19/h2-5,9,17H,6-8H2,1H3,(H,18,19). The van der Waals surface area contributed by atoms with Crippen LogP contribution in [0.2, 0.25) is 0 Å². The highest BCUT2D eigenvalue weighted by Gasteiger charge is 2.29. The molecular formula is C13H16F3NO3. The van der Waals surface area contributed by atoms with Crippen LogP contribution < -0.4 is 10.1 Å². The first-order valence-corrected chi connectivity index (χ1v) is 6.04. The van der Waals surface area contributed by atoms with Gasteiger partial charge in [-0.1, -0.05) is 0 Å². The van der Waals surface area contributed by atoms with Crippen LogP contribution in [0, 0.1) is 0 Å². The van der Waals surface area contributed by atoms with Gasteiger partial charge in [-0.3, -0.25) is 0 Å². The molecule has 1 rings (SSSR count). The van der Waals surface area contributed by atoms with Crippen molar-refractivity contribution in [1.82, 2.24) is 5.32 Å². The summed E-state index contributed by atoms with van der Waals surface area (Å²) in [5, 5.41) is 11.4. The normalized spacial score (nSPS) is 13.0. The first-order chi connectivity index (χ1) is 9.28. The van der Waals surface area contributed by atoms with Gasteiger partial charge in [0.05, 0.1) is 12.0 Å². The van der Waals surface area contributed by atoms with Crippen molar-refractivity contribution in [2.75, 3.05) is 13.2 Å². The Morgan fingerprint density at radius 2 is 1.95 bits per heavy atom. The first kappa shape index (κ1) is 16.3. The molecule has 0 radical (unpaired) electrons. The fraction of sp³-hybridized carbons (Fsp3) is 0.462. The number of rotatable bonds is 7. The zero-order chi connectivity index (χ0) is 15.2. The van der Waals surface area contributed by atoms with Gasteiger partial charge >= 0.3 is 12.1 Å². The molecule has 0 saturated heterocycles. The summed E-state index contributed by atoms with van der Waals surface area (Å²) in [7, 11) is 0. The maximum Gasteiger partial charge on any atom is 0.390 e. The lowest BCUT2D eigenvalue weighted by Crippen LogP contribution is -2.33. The van der Waals surface area contributed by atoms with E-state index in [4.69, 9.17) is 9.84 Å². The SMILES string of the molecule is CC(CC(F)(F)F)NCCOc1ccc(C(=O)O)cc1. The lowest BCUT2D eigenvalue weighted by atomic mass is 10.2. The molecular weight excluding hydrogens is 275 g/mol. The van der Waals surface area contributed by atoms with Crippen molar-refractivity contribution in [2.24, 2.45) is 0 Å². The van der Waals surface area contributed by atoms with Crippen molar-refractivity contribution in [1.29, 1.82) is 0 Å². The molecule has 1 aromatic carbocycles. The second-order valence-corrected chi connectivity index (χ2v) is 4.35. The van der Waals surface area contributed by atoms with E-state index >= 15 is 0 Å². The van der Waals surface area contributed by atoms with Crippen LogP contribution in [0.5, 0.6) is 5.75 Å². The van der Waals surface area contributed by atoms with Gasteiger partial charge in [0.2, 0.25) is 0 Å². The molecule has 0 aliphatic carbocycles. The predicted octanol–water partition coefficient (Wildman–Crippen LogP) is 2.69. The summed E-state index contributed by atoms with van der Waals surface area (Å²) in [4.78, 5) is 10.6. The van der Waals surface area contributed by atoms with Gasteiger partial charge in [0.15, 0.2) is 0 Å². The number of hydrogen-bond acceptors (Lipinski definition) is 3. The minimum Gasteiger partial charge on any atom is -0.492 e. The van der Waals surface area contributed by atoms with Crippen molar-refractivity contribution in [3.8, 4) is 5.75 Å². The van der Waals surface area contributed by atoms with Crippen molar-refractivity contribution in [3.05, 3.63) is 29.8 Å². The molecule has 0 saturated carbocycles. The van der Waals surface area contributed by atoms with Crippen molar-refractivity contribution in [2.45, 2.75) is 25.6 Å². The van der Waals surface area contributed by atoms with Gasteiger partial charge in [0, 0.05) is 12.6 Å². The molecule has 2 N–H and O–H groups in total. The molecule has 1 atom stereocenters. The number of carbonyl (C=O) groups is 1. The summed E-state index contributed by atoms with van der Waals surface area (Å²) in [6.45, 7) is 1.93. The maximum absolute atomic E-state index is 12.1. The number of benzene rings is 1. The van der Waals surface area contributed by atoms with E-state index in [1.807, 2.05) is 0 Å². The summed E-state index contributed by atoms with van der Waals surface area (Å²) in [5.41, 5.74) is 0.147. The Balaban J connectivity index is 2.26. The Hall–Kier alpha value is -1.76. The van der Waals surface area contributed by atoms with Crippen molar-refractivity contribution < 1.29 is 27.8 Å². The van der Waals surface area contributed by atoms with E-state index in [1.54, 1.807) is 0 Å². The van der Waals surface area contributed by atoms with Gasteiger partial charge in [0.25, 0.3) is 0 Å². The average Bonchev–Trinajstić information content (AvgIpc) is 2.33. The summed E-state index contributed by atoms with van der Waals surface area (Å²) in [5.74, 6) is -0.556. The molecule has 1 aromatic rings. The molecule has 0 bridgehead atoms. The lowest BCUT2D eigenvalue weighted by Gasteiger charge is -2.16. The van der Waals surface area contributed by atoms with E-state index in [0.717, 1.165) is 0 Å². The highest BCUT2D eigenvalue weighted by Crippen LogP contribution is 2.21. The third kappa shape index (κ3) is 6.42. The molecule has 0 amide bonds. The zero-order valence-electron chi connectivity index (χ0n) is 10.9. The van der Waals surface area contributed by atoms with Gasteiger partial charge < -0.3 is 15.2 Å². The number of carboxylic acids is 1. The molecule has 4 nitrogen and oxygen atoms in total. The Morgan fingerprint density at radius 3 is 2.45 bits per heavy atom. The van der Waals surface area contributed by atoms with E-state index < -0.39 is 24.6 Å². The molecule has 0 spiro atoms. The van der Waals surface area contributed by atoms with Crippen LogP contribution in [-0.4, -0.2) is 36.4 Å². The van der Waals surface area contributed by atoms with Crippen LogP contribution in [0.1, 0.15) is 23.7 Å². The third-order valence-electron chi connectivity index (χ3n) is 2.50. The van der Waals surface area contributed by atoms with E-state index in [1.165, 1.54) is 31.2 Å². The van der Waals surface area contributed by atoms with E-state index in [0.29, 0.717) is 5.75 Å². The van der Waals surface area contributed by atoms with Gasteiger partial charge in [-0.25, -0.2) is 4.79 Å². The van der Waals surface area contributed by atoms with Crippen molar-refractivity contribution >= 4 is 5.97 Å². The van der Waals surface area contributed by atoms with Crippen LogP contribution in [0.4, 0.5) is 13.2 Å². The largest absolute Gasteiger partial charge is 0.492 e. The molecule has 1 unspecified atom stereocenters. The summed E-state index contributed by atoms with van der Waals surface area (Å²) >= 11 is 0. The molecule has 0 fully saturated rings. The van der Waals surface area contributed by atoms with Gasteiger partial charge in [-0.05, 0) is 31.2 Å². The Kier molecular flexibility index (Phi) is 5.82. The minimum atomic E-state index is -4.18. The molecule has 112 valence electrons. The highest BCUT2D eigenvalue weighted by atomic mass is 19.4. The van der Waals surface area contributed by atoms with Crippen LogP contribution in [-0.2, 0) is 0 Å². The predicted molar refractivity (Wildman–Crippen MR) is 67.0 cm³/mol. The van der Waals surface area contributed by atoms with Crippen LogP contribution in [0.3, 0.4) is 0 Å².